The van der Waals surface area contributed by atoms with Crippen molar-refractivity contribution in [1.29, 1.82) is 0 Å². The minimum Gasteiger partial charge on any atom is -0.507 e. The second-order valence-corrected chi connectivity index (χ2v) is 16.1. The fraction of sp³-hybridized carbons (Fsp3) is 0.0714. The summed E-state index contributed by atoms with van der Waals surface area (Å²) in [5, 5.41) is 40.1. The van der Waals surface area contributed by atoms with Crippen molar-refractivity contribution >= 4 is 43.1 Å². The minimum absolute atomic E-state index is 0.196. The van der Waals surface area contributed by atoms with Crippen LogP contribution in [0.25, 0.3) is 43.1 Å². The van der Waals surface area contributed by atoms with E-state index in [9.17, 15) is 15.3 Å². The lowest BCUT2D eigenvalue weighted by Crippen LogP contribution is -2.31. The van der Waals surface area contributed by atoms with Crippen molar-refractivity contribution in [2.24, 2.45) is 0 Å². The normalized spacial score (nSPS) is 12.0. The van der Waals surface area contributed by atoms with Crippen LogP contribution in [0.15, 0.2) is 200 Å². The summed E-state index contributed by atoms with van der Waals surface area (Å²) in [5.41, 5.74) is 5.10. The highest BCUT2D eigenvalue weighted by Gasteiger charge is 2.41. The maximum Gasteiger partial charge on any atom is 0.135 e. The van der Waals surface area contributed by atoms with Crippen molar-refractivity contribution in [2.45, 2.75) is 24.7 Å². The van der Waals surface area contributed by atoms with E-state index >= 15 is 0 Å². The Kier molecular flexibility index (Phi) is 8.80. The molecule has 0 saturated heterocycles. The highest BCUT2D eigenvalue weighted by atomic mass is 16.5. The Hall–Kier alpha value is -7.56. The third kappa shape index (κ3) is 5.75. The SMILES string of the molecule is CC(C)(c1ccc(O)c2ccccc12)c1ccc(O)c2ccc(Oc3ccc(C(c4ccccc4)(c4ccccc4)c4ccc(O)c5ccccc45)c4ccccc34)cc12. The molecule has 60 heavy (non-hydrogen) atoms. The van der Waals surface area contributed by atoms with Gasteiger partial charge < -0.3 is 20.1 Å². The van der Waals surface area contributed by atoms with E-state index in [0.29, 0.717) is 11.5 Å². The van der Waals surface area contributed by atoms with Gasteiger partial charge in [0.1, 0.15) is 28.7 Å². The first-order chi connectivity index (χ1) is 29.3. The van der Waals surface area contributed by atoms with Crippen LogP contribution in [0.5, 0.6) is 28.7 Å². The van der Waals surface area contributed by atoms with Gasteiger partial charge in [0.15, 0.2) is 0 Å². The van der Waals surface area contributed by atoms with Crippen LogP contribution in [-0.4, -0.2) is 15.3 Å². The van der Waals surface area contributed by atoms with E-state index in [0.717, 1.165) is 76.5 Å². The number of hydrogen-bond acceptors (Lipinski definition) is 4. The molecule has 4 heteroatoms. The summed E-state index contributed by atoms with van der Waals surface area (Å²) in [6.45, 7) is 4.36. The average Bonchev–Trinajstić information content (AvgIpc) is 3.29. The number of benzene rings is 10. The number of hydrogen-bond donors (Lipinski definition) is 3. The smallest absolute Gasteiger partial charge is 0.135 e. The van der Waals surface area contributed by atoms with Crippen LogP contribution in [0.4, 0.5) is 0 Å². The van der Waals surface area contributed by atoms with Gasteiger partial charge in [-0.2, -0.15) is 0 Å². The van der Waals surface area contributed by atoms with Gasteiger partial charge in [0.05, 0.1) is 5.41 Å². The van der Waals surface area contributed by atoms with Gasteiger partial charge in [-0.3, -0.25) is 0 Å². The van der Waals surface area contributed by atoms with Crippen molar-refractivity contribution in [2.75, 3.05) is 0 Å². The minimum atomic E-state index is -0.798. The summed E-state index contributed by atoms with van der Waals surface area (Å²) in [7, 11) is 0. The van der Waals surface area contributed by atoms with E-state index in [4.69, 9.17) is 4.74 Å². The van der Waals surface area contributed by atoms with Crippen LogP contribution < -0.4 is 4.74 Å². The molecule has 0 fully saturated rings. The predicted molar refractivity (Wildman–Crippen MR) is 245 cm³/mol. The van der Waals surface area contributed by atoms with Gasteiger partial charge in [0, 0.05) is 27.0 Å². The first kappa shape index (κ1) is 36.8. The summed E-state index contributed by atoms with van der Waals surface area (Å²) in [5.74, 6) is 2.02. The molecule has 0 aliphatic rings. The van der Waals surface area contributed by atoms with E-state index in [-0.39, 0.29) is 17.2 Å². The zero-order valence-electron chi connectivity index (χ0n) is 33.3. The number of phenols is 3. The van der Waals surface area contributed by atoms with Gasteiger partial charge in [-0.05, 0) is 97.4 Å². The third-order valence-corrected chi connectivity index (χ3v) is 12.4. The van der Waals surface area contributed by atoms with E-state index in [1.165, 1.54) is 0 Å². The molecule has 4 nitrogen and oxygen atoms in total. The Balaban J connectivity index is 1.17. The topological polar surface area (TPSA) is 69.9 Å². The van der Waals surface area contributed by atoms with Crippen LogP contribution in [0.2, 0.25) is 0 Å². The Labute approximate surface area is 348 Å². The van der Waals surface area contributed by atoms with Crippen molar-refractivity contribution in [3.63, 3.8) is 0 Å². The summed E-state index contributed by atoms with van der Waals surface area (Å²) >= 11 is 0. The molecule has 0 aliphatic heterocycles. The van der Waals surface area contributed by atoms with Crippen molar-refractivity contribution in [1.82, 2.24) is 0 Å². The molecule has 0 bridgehead atoms. The molecule has 3 N–H and O–H groups in total. The fourth-order valence-electron chi connectivity index (χ4n) is 9.63. The number of phenolic OH excluding ortho intramolecular Hbond substituents is 3. The van der Waals surface area contributed by atoms with Crippen molar-refractivity contribution in [3.8, 4) is 28.7 Å². The van der Waals surface area contributed by atoms with Gasteiger partial charge in [-0.25, -0.2) is 0 Å². The number of ether oxygens (including phenoxy) is 1. The largest absolute Gasteiger partial charge is 0.507 e. The van der Waals surface area contributed by atoms with Gasteiger partial charge in [-0.15, -0.1) is 0 Å². The second kappa shape index (κ2) is 14.4. The Morgan fingerprint density at radius 3 is 1.25 bits per heavy atom. The van der Waals surface area contributed by atoms with E-state index in [2.05, 4.69) is 105 Å². The van der Waals surface area contributed by atoms with E-state index < -0.39 is 10.8 Å². The van der Waals surface area contributed by atoms with Crippen molar-refractivity contribution < 1.29 is 20.1 Å². The van der Waals surface area contributed by atoms with Crippen LogP contribution in [-0.2, 0) is 10.8 Å². The van der Waals surface area contributed by atoms with Gasteiger partial charge in [0.2, 0.25) is 0 Å². The first-order valence-corrected chi connectivity index (χ1v) is 20.3. The maximum atomic E-state index is 11.1. The molecule has 10 aromatic rings. The van der Waals surface area contributed by atoms with Crippen LogP contribution in [0, 0.1) is 0 Å². The summed E-state index contributed by atoms with van der Waals surface area (Å²) < 4.78 is 6.92. The molecule has 0 amide bonds. The number of aromatic hydroxyl groups is 3. The quantitative estimate of drug-likeness (QED) is 0.134. The van der Waals surface area contributed by atoms with Crippen LogP contribution in [0.1, 0.15) is 47.2 Å². The summed E-state index contributed by atoms with van der Waals surface area (Å²) in [6.07, 6.45) is 0. The van der Waals surface area contributed by atoms with Gasteiger partial charge >= 0.3 is 0 Å². The molecule has 0 aromatic heterocycles. The molecular weight excluding hydrogens is 737 g/mol. The zero-order valence-corrected chi connectivity index (χ0v) is 33.3. The molecule has 0 unspecified atom stereocenters. The Bertz CT molecular complexity index is 3200. The second-order valence-electron chi connectivity index (χ2n) is 16.1. The third-order valence-electron chi connectivity index (χ3n) is 12.4. The molecule has 0 heterocycles. The molecule has 10 aromatic carbocycles. The predicted octanol–water partition coefficient (Wildman–Crippen LogP) is 13.9. The lowest BCUT2D eigenvalue weighted by molar-refractivity contribution is 0.480. The lowest BCUT2D eigenvalue weighted by atomic mass is 9.63. The Morgan fingerprint density at radius 2 is 0.717 bits per heavy atom. The van der Waals surface area contributed by atoms with Crippen molar-refractivity contribution in [3.05, 3.63) is 234 Å². The van der Waals surface area contributed by atoms with Gasteiger partial charge in [0.25, 0.3) is 0 Å². The lowest BCUT2D eigenvalue weighted by Gasteiger charge is -2.38. The van der Waals surface area contributed by atoms with Crippen LogP contribution >= 0.6 is 0 Å². The molecular formula is C56H42O4. The molecule has 10 rings (SSSR count). The number of rotatable bonds is 8. The molecule has 0 radical (unpaired) electrons. The summed E-state index contributed by atoms with van der Waals surface area (Å²) in [6, 6.07) is 67.2. The Morgan fingerprint density at radius 1 is 0.333 bits per heavy atom. The molecule has 0 atom stereocenters. The molecule has 0 aliphatic carbocycles. The monoisotopic (exact) mass is 778 g/mol. The molecule has 0 spiro atoms. The first-order valence-electron chi connectivity index (χ1n) is 20.3. The highest BCUT2D eigenvalue weighted by Crippen LogP contribution is 2.52. The van der Waals surface area contributed by atoms with Gasteiger partial charge in [-0.1, -0.05) is 172 Å². The maximum absolute atomic E-state index is 11.1. The average molecular weight is 779 g/mol. The van der Waals surface area contributed by atoms with E-state index in [1.807, 2.05) is 97.1 Å². The van der Waals surface area contributed by atoms with Crippen LogP contribution in [0.3, 0.4) is 0 Å². The summed E-state index contributed by atoms with van der Waals surface area (Å²) in [4.78, 5) is 0. The standard InChI is InChI=1S/C56H42O4/c1-55(2,47-27-31-51(57)42-22-12-9-19-39(42)47)48-28-32-53(59)44-26-25-38(35-46(44)48)60-54-34-30-50(41-21-11-14-24-45(41)54)56(36-15-5-3-6-16-36,37-17-7-4-8-18-37)49-29-33-52(58)43-23-13-10-20-40(43)49/h3-35,57-59H,1-2H3. The van der Waals surface area contributed by atoms with E-state index in [1.54, 1.807) is 12.1 Å². The zero-order chi connectivity index (χ0) is 41.0. The molecule has 0 saturated carbocycles. The molecule has 290 valence electrons. The highest BCUT2D eigenvalue weighted by molar-refractivity contribution is 5.99. The number of fused-ring (bicyclic) bond motifs is 4. The fourth-order valence-corrected chi connectivity index (χ4v) is 9.63.